The van der Waals surface area contributed by atoms with Crippen LogP contribution in [-0.4, -0.2) is 37.4 Å². The van der Waals surface area contributed by atoms with Gasteiger partial charge in [0.15, 0.2) is 0 Å². The third-order valence-corrected chi connectivity index (χ3v) is 3.77. The van der Waals surface area contributed by atoms with Crippen molar-refractivity contribution < 1.29 is 14.6 Å². The average Bonchev–Trinajstić information content (AvgIpc) is 2.73. The normalized spacial score (nSPS) is 20.9. The highest BCUT2D eigenvalue weighted by Gasteiger charge is 2.33. The Hall–Kier alpha value is -0.610. The van der Waals surface area contributed by atoms with E-state index in [4.69, 9.17) is 9.84 Å². The average molecular weight is 229 g/mol. The van der Waals surface area contributed by atoms with Crippen molar-refractivity contribution in [1.82, 2.24) is 5.32 Å². The lowest BCUT2D eigenvalue weighted by Gasteiger charge is -2.29. The molecule has 1 atom stereocenters. The summed E-state index contributed by atoms with van der Waals surface area (Å²) >= 11 is 0. The minimum atomic E-state index is -0.828. The van der Waals surface area contributed by atoms with Crippen molar-refractivity contribution in [3.8, 4) is 0 Å². The molecule has 0 spiro atoms. The van der Waals surface area contributed by atoms with Gasteiger partial charge in [0.1, 0.15) is 6.04 Å². The first-order valence-corrected chi connectivity index (χ1v) is 6.09. The van der Waals surface area contributed by atoms with Gasteiger partial charge in [0.25, 0.3) is 0 Å². The van der Waals surface area contributed by atoms with E-state index in [1.807, 2.05) is 0 Å². The van der Waals surface area contributed by atoms with Gasteiger partial charge in [-0.3, -0.25) is 4.79 Å². The van der Waals surface area contributed by atoms with Gasteiger partial charge in [-0.1, -0.05) is 19.8 Å². The zero-order valence-electron chi connectivity index (χ0n) is 10.3. The highest BCUT2D eigenvalue weighted by molar-refractivity contribution is 5.73. The van der Waals surface area contributed by atoms with Crippen LogP contribution in [0.1, 0.15) is 39.0 Å². The summed E-state index contributed by atoms with van der Waals surface area (Å²) < 4.78 is 4.90. The second-order valence-corrected chi connectivity index (χ2v) is 4.79. The molecule has 1 fully saturated rings. The maximum absolute atomic E-state index is 10.9. The molecule has 1 saturated carbocycles. The van der Waals surface area contributed by atoms with Gasteiger partial charge in [-0.25, -0.2) is 0 Å². The van der Waals surface area contributed by atoms with Crippen molar-refractivity contribution in [3.63, 3.8) is 0 Å². The third-order valence-electron chi connectivity index (χ3n) is 3.77. The monoisotopic (exact) mass is 229 g/mol. The number of carbonyl (C=O) groups is 1. The molecule has 0 heterocycles. The van der Waals surface area contributed by atoms with E-state index in [0.29, 0.717) is 5.41 Å². The van der Waals surface area contributed by atoms with Crippen molar-refractivity contribution in [1.29, 1.82) is 0 Å². The second-order valence-electron chi connectivity index (χ2n) is 4.79. The lowest BCUT2D eigenvalue weighted by atomic mass is 9.83. The van der Waals surface area contributed by atoms with E-state index in [-0.39, 0.29) is 6.61 Å². The summed E-state index contributed by atoms with van der Waals surface area (Å²) in [6, 6.07) is -0.575. The maximum Gasteiger partial charge on any atom is 0.323 e. The van der Waals surface area contributed by atoms with Crippen molar-refractivity contribution in [3.05, 3.63) is 0 Å². The Morgan fingerprint density at radius 1 is 1.50 bits per heavy atom. The summed E-state index contributed by atoms with van der Waals surface area (Å²) in [5.41, 5.74) is 0.321. The molecular weight excluding hydrogens is 206 g/mol. The Bertz CT molecular complexity index is 224. The molecule has 94 valence electrons. The molecule has 0 aromatic heterocycles. The van der Waals surface area contributed by atoms with E-state index in [9.17, 15) is 4.79 Å². The van der Waals surface area contributed by atoms with Gasteiger partial charge in [0, 0.05) is 13.7 Å². The Morgan fingerprint density at radius 3 is 2.56 bits per heavy atom. The molecule has 0 aliphatic heterocycles. The SMILES string of the molecule is CCC1(CNC(COC)C(=O)O)CCCC1. The van der Waals surface area contributed by atoms with Gasteiger partial charge in [0.05, 0.1) is 6.61 Å². The van der Waals surface area contributed by atoms with Gasteiger partial charge >= 0.3 is 5.97 Å². The van der Waals surface area contributed by atoms with E-state index in [0.717, 1.165) is 13.0 Å². The van der Waals surface area contributed by atoms with Crippen LogP contribution in [0.3, 0.4) is 0 Å². The summed E-state index contributed by atoms with van der Waals surface area (Å²) in [7, 11) is 1.53. The molecule has 4 nitrogen and oxygen atoms in total. The number of ether oxygens (including phenoxy) is 1. The molecule has 2 N–H and O–H groups in total. The summed E-state index contributed by atoms with van der Waals surface area (Å²) in [5.74, 6) is -0.828. The highest BCUT2D eigenvalue weighted by atomic mass is 16.5. The maximum atomic E-state index is 10.9. The standard InChI is InChI=1S/C12H23NO3/c1-3-12(6-4-5-7-12)9-13-10(8-16-2)11(14)15/h10,13H,3-9H2,1-2H3,(H,14,15). The minimum Gasteiger partial charge on any atom is -0.480 e. The number of rotatable bonds is 7. The molecular formula is C12H23NO3. The summed E-state index contributed by atoms with van der Waals surface area (Å²) in [5, 5.41) is 12.1. The van der Waals surface area contributed by atoms with Crippen LogP contribution in [0.25, 0.3) is 0 Å². The van der Waals surface area contributed by atoms with Crippen LogP contribution in [-0.2, 0) is 9.53 Å². The molecule has 0 amide bonds. The first-order valence-electron chi connectivity index (χ1n) is 6.09. The first kappa shape index (κ1) is 13.5. The third kappa shape index (κ3) is 3.46. The van der Waals surface area contributed by atoms with Crippen molar-refractivity contribution in [2.24, 2.45) is 5.41 Å². The Labute approximate surface area is 97.4 Å². The van der Waals surface area contributed by atoms with Crippen LogP contribution < -0.4 is 5.32 Å². The molecule has 16 heavy (non-hydrogen) atoms. The summed E-state index contributed by atoms with van der Waals surface area (Å²) in [6.45, 7) is 3.22. The fourth-order valence-electron chi connectivity index (χ4n) is 2.50. The van der Waals surface area contributed by atoms with E-state index in [2.05, 4.69) is 12.2 Å². The molecule has 1 aliphatic carbocycles. The Morgan fingerprint density at radius 2 is 2.12 bits per heavy atom. The van der Waals surface area contributed by atoms with Gasteiger partial charge in [0.2, 0.25) is 0 Å². The molecule has 1 aliphatic rings. The largest absolute Gasteiger partial charge is 0.480 e. The smallest absolute Gasteiger partial charge is 0.323 e. The highest BCUT2D eigenvalue weighted by Crippen LogP contribution is 2.40. The lowest BCUT2D eigenvalue weighted by molar-refractivity contribution is -0.141. The summed E-state index contributed by atoms with van der Waals surface area (Å²) in [4.78, 5) is 10.9. The van der Waals surface area contributed by atoms with Crippen LogP contribution in [0, 0.1) is 5.41 Å². The second kappa shape index (κ2) is 6.21. The molecule has 1 rings (SSSR count). The van der Waals surface area contributed by atoms with E-state index >= 15 is 0 Å². The van der Waals surface area contributed by atoms with E-state index < -0.39 is 12.0 Å². The fraction of sp³-hybridized carbons (Fsp3) is 0.917. The van der Waals surface area contributed by atoms with Crippen molar-refractivity contribution in [2.45, 2.75) is 45.1 Å². The lowest BCUT2D eigenvalue weighted by Crippen LogP contribution is -2.45. The van der Waals surface area contributed by atoms with Crippen LogP contribution in [0.4, 0.5) is 0 Å². The number of nitrogens with one attached hydrogen (secondary N) is 1. The molecule has 0 aromatic rings. The Balaban J connectivity index is 2.43. The number of aliphatic carboxylic acids is 1. The number of carboxylic acid groups (broad SMARTS) is 1. The zero-order valence-corrected chi connectivity index (χ0v) is 10.3. The predicted octanol–water partition coefficient (Wildman–Crippen LogP) is 1.65. The number of carboxylic acids is 1. The van der Waals surface area contributed by atoms with E-state index in [1.165, 1.54) is 32.8 Å². The zero-order chi connectivity index (χ0) is 12.0. The molecule has 4 heteroatoms. The van der Waals surface area contributed by atoms with Gasteiger partial charge in [-0.2, -0.15) is 0 Å². The first-order chi connectivity index (χ1) is 7.63. The summed E-state index contributed by atoms with van der Waals surface area (Å²) in [6.07, 6.45) is 6.11. The van der Waals surface area contributed by atoms with Crippen LogP contribution >= 0.6 is 0 Å². The van der Waals surface area contributed by atoms with Crippen molar-refractivity contribution >= 4 is 5.97 Å². The van der Waals surface area contributed by atoms with Gasteiger partial charge in [-0.15, -0.1) is 0 Å². The van der Waals surface area contributed by atoms with Gasteiger partial charge in [-0.05, 0) is 24.7 Å². The number of hydrogen-bond acceptors (Lipinski definition) is 3. The fourth-order valence-corrected chi connectivity index (χ4v) is 2.50. The molecule has 0 aromatic carbocycles. The van der Waals surface area contributed by atoms with Gasteiger partial charge < -0.3 is 15.2 Å². The molecule has 1 unspecified atom stereocenters. The van der Waals surface area contributed by atoms with Crippen LogP contribution in [0.15, 0.2) is 0 Å². The topological polar surface area (TPSA) is 58.6 Å². The molecule has 0 radical (unpaired) electrons. The van der Waals surface area contributed by atoms with Crippen LogP contribution in [0.5, 0.6) is 0 Å². The molecule has 0 saturated heterocycles. The van der Waals surface area contributed by atoms with E-state index in [1.54, 1.807) is 0 Å². The predicted molar refractivity (Wildman–Crippen MR) is 62.5 cm³/mol. The quantitative estimate of drug-likeness (QED) is 0.697. The van der Waals surface area contributed by atoms with Crippen LogP contribution in [0.2, 0.25) is 0 Å². The minimum absolute atomic E-state index is 0.231. The Kier molecular flexibility index (Phi) is 5.22. The number of hydrogen-bond donors (Lipinski definition) is 2. The van der Waals surface area contributed by atoms with Crippen molar-refractivity contribution in [2.75, 3.05) is 20.3 Å². The molecule has 0 bridgehead atoms. The number of methoxy groups -OCH3 is 1.